The summed E-state index contributed by atoms with van der Waals surface area (Å²) in [7, 11) is 0. The van der Waals surface area contributed by atoms with E-state index in [1.807, 2.05) is 0 Å². The van der Waals surface area contributed by atoms with Crippen molar-refractivity contribution in [2.75, 3.05) is 0 Å². The first-order valence-corrected chi connectivity index (χ1v) is 2.46. The van der Waals surface area contributed by atoms with E-state index in [2.05, 4.69) is 12.2 Å². The minimum atomic E-state index is 0. The van der Waals surface area contributed by atoms with Crippen LogP contribution in [0.25, 0.3) is 0 Å². The van der Waals surface area contributed by atoms with Crippen molar-refractivity contribution in [1.29, 1.82) is 0 Å². The third-order valence-corrected chi connectivity index (χ3v) is 0.781. The molecular formula is C2H5MgNOS2. The summed E-state index contributed by atoms with van der Waals surface area (Å²) in [5, 5.41) is 0. The molecule has 0 spiro atoms. The van der Waals surface area contributed by atoms with Crippen LogP contribution in [0.3, 0.4) is 0 Å². The topological polar surface area (TPSA) is 43.1 Å². The SMILES string of the molecule is NC(=S)SC=O.[MgH2]. The van der Waals surface area contributed by atoms with Crippen LogP contribution in [-0.2, 0) is 4.79 Å². The Hall–Kier alpha value is 0.676. The van der Waals surface area contributed by atoms with E-state index in [0.29, 0.717) is 5.62 Å². The number of carbonyl (C=O) groups excluding carboxylic acids is 1. The van der Waals surface area contributed by atoms with Gasteiger partial charge in [-0.1, -0.05) is 12.2 Å². The van der Waals surface area contributed by atoms with Crippen molar-refractivity contribution in [3.63, 3.8) is 0 Å². The first-order chi connectivity index (χ1) is 2.77. The van der Waals surface area contributed by atoms with Gasteiger partial charge >= 0.3 is 23.1 Å². The van der Waals surface area contributed by atoms with Crippen molar-refractivity contribution in [3.8, 4) is 0 Å². The maximum atomic E-state index is 9.41. The van der Waals surface area contributed by atoms with Gasteiger partial charge in [0.2, 0.25) is 0 Å². The third kappa shape index (κ3) is 10.8. The highest BCUT2D eigenvalue weighted by Crippen LogP contribution is 1.88. The minimum Gasteiger partial charge on any atom is -0.384 e. The molecule has 0 heterocycles. The van der Waals surface area contributed by atoms with E-state index >= 15 is 0 Å². The molecule has 0 aliphatic carbocycles. The van der Waals surface area contributed by atoms with Crippen LogP contribution in [0.5, 0.6) is 0 Å². The third-order valence-electron chi connectivity index (χ3n) is 0.164. The maximum Gasteiger partial charge on any atom is 0.316 e. The summed E-state index contributed by atoms with van der Waals surface area (Å²) < 4.78 is 0.171. The Balaban J connectivity index is 0. The smallest absolute Gasteiger partial charge is 0.316 e. The van der Waals surface area contributed by atoms with Gasteiger partial charge in [-0.2, -0.15) is 0 Å². The van der Waals surface area contributed by atoms with Crippen LogP contribution in [-0.4, -0.2) is 33.0 Å². The molecular weight excluding hydrogens is 142 g/mol. The van der Waals surface area contributed by atoms with E-state index in [-0.39, 0.29) is 27.4 Å². The Morgan fingerprint density at radius 1 is 1.86 bits per heavy atom. The fourth-order valence-electron chi connectivity index (χ4n) is 0.0474. The molecule has 0 rings (SSSR count). The molecule has 0 unspecified atom stereocenters. The summed E-state index contributed by atoms with van der Waals surface area (Å²) in [6.07, 6.45) is 0. The molecule has 0 aliphatic heterocycles. The quantitative estimate of drug-likeness (QED) is 0.301. The van der Waals surface area contributed by atoms with E-state index in [1.165, 1.54) is 0 Å². The van der Waals surface area contributed by atoms with Crippen molar-refractivity contribution in [3.05, 3.63) is 0 Å². The summed E-state index contributed by atoms with van der Waals surface area (Å²) in [4.78, 5) is 9.41. The zero-order valence-electron chi connectivity index (χ0n) is 2.88. The number of nitrogens with two attached hydrogens (primary N) is 1. The Morgan fingerprint density at radius 3 is 2.29 bits per heavy atom. The van der Waals surface area contributed by atoms with Crippen molar-refractivity contribution < 1.29 is 4.79 Å². The van der Waals surface area contributed by atoms with Crippen LogP contribution < -0.4 is 5.73 Å². The first kappa shape index (κ1) is 10.6. The molecule has 0 fully saturated rings. The molecule has 0 atom stereocenters. The van der Waals surface area contributed by atoms with Crippen molar-refractivity contribution in [2.24, 2.45) is 5.73 Å². The second kappa shape index (κ2) is 6.68. The van der Waals surface area contributed by atoms with E-state index in [1.54, 1.807) is 0 Å². The number of hydrogen-bond acceptors (Lipinski definition) is 3. The zero-order chi connectivity index (χ0) is 4.99. The Labute approximate surface area is 67.4 Å². The lowest BCUT2D eigenvalue weighted by Gasteiger charge is -1.77. The molecule has 0 aromatic rings. The lowest BCUT2D eigenvalue weighted by atomic mass is 11.5. The van der Waals surface area contributed by atoms with E-state index in [9.17, 15) is 4.79 Å². The fraction of sp³-hybridized carbons (Fsp3) is 0. The fourth-order valence-corrected chi connectivity index (χ4v) is 0.260. The van der Waals surface area contributed by atoms with E-state index < -0.39 is 0 Å². The Bertz CT molecular complexity index is 76.1. The lowest BCUT2D eigenvalue weighted by Crippen LogP contribution is -2.00. The number of thioether (sulfide) groups is 1. The molecule has 0 amide bonds. The molecule has 0 bridgehead atoms. The predicted octanol–water partition coefficient (Wildman–Crippen LogP) is -0.763. The first-order valence-electron chi connectivity index (χ1n) is 1.17. The van der Waals surface area contributed by atoms with Gasteiger partial charge in [-0.05, 0) is 11.8 Å². The molecule has 0 saturated heterocycles. The van der Waals surface area contributed by atoms with Crippen LogP contribution in [0.2, 0.25) is 0 Å². The van der Waals surface area contributed by atoms with Crippen LogP contribution >= 0.6 is 24.0 Å². The molecule has 0 radical (unpaired) electrons. The number of hydrogen-bond donors (Lipinski definition) is 1. The Kier molecular flexibility index (Phi) is 10.1. The van der Waals surface area contributed by atoms with Crippen molar-refractivity contribution >= 4 is 57.0 Å². The van der Waals surface area contributed by atoms with Gasteiger partial charge in [-0.15, -0.1) is 0 Å². The normalized spacial score (nSPS) is 6.29. The summed E-state index contributed by atoms with van der Waals surface area (Å²) >= 11 is 5.12. The average Bonchev–Trinajstić information content (AvgIpc) is 1.35. The minimum absolute atomic E-state index is 0. The van der Waals surface area contributed by atoms with Gasteiger partial charge in [0.15, 0.2) is 5.62 Å². The van der Waals surface area contributed by atoms with Gasteiger partial charge < -0.3 is 5.73 Å². The van der Waals surface area contributed by atoms with Gasteiger partial charge in [0.1, 0.15) is 4.32 Å². The highest BCUT2D eigenvalue weighted by molar-refractivity contribution is 8.31. The van der Waals surface area contributed by atoms with Crippen LogP contribution in [0.15, 0.2) is 0 Å². The molecule has 0 aliphatic rings. The van der Waals surface area contributed by atoms with Gasteiger partial charge in [0.05, 0.1) is 0 Å². The lowest BCUT2D eigenvalue weighted by molar-refractivity contribution is 0.570. The van der Waals surface area contributed by atoms with Gasteiger partial charge in [-0.25, -0.2) is 0 Å². The second-order valence-corrected chi connectivity index (χ2v) is 2.10. The van der Waals surface area contributed by atoms with E-state index in [0.717, 1.165) is 11.8 Å². The molecule has 38 valence electrons. The maximum absolute atomic E-state index is 9.41. The molecule has 0 aromatic heterocycles. The molecule has 5 heteroatoms. The molecule has 7 heavy (non-hydrogen) atoms. The van der Waals surface area contributed by atoms with Crippen LogP contribution in [0.1, 0.15) is 0 Å². The number of rotatable bonds is 1. The van der Waals surface area contributed by atoms with Gasteiger partial charge in [0, 0.05) is 0 Å². The summed E-state index contributed by atoms with van der Waals surface area (Å²) in [5.41, 5.74) is 5.47. The summed E-state index contributed by atoms with van der Waals surface area (Å²) in [6, 6.07) is 0. The van der Waals surface area contributed by atoms with Crippen molar-refractivity contribution in [2.45, 2.75) is 0 Å². The standard InChI is InChI=1S/C2H3NOS2.Mg.2H/c3-2(5)6-1-4;;;/h1H,(H2,3,5);;;. The molecule has 0 saturated carbocycles. The van der Waals surface area contributed by atoms with Crippen LogP contribution in [0, 0.1) is 0 Å². The highest BCUT2D eigenvalue weighted by Gasteiger charge is 1.79. The summed E-state index contributed by atoms with van der Waals surface area (Å²) in [5.74, 6) is 0. The van der Waals surface area contributed by atoms with Crippen molar-refractivity contribution in [1.82, 2.24) is 0 Å². The molecule has 2 N–H and O–H groups in total. The summed E-state index contributed by atoms with van der Waals surface area (Å²) in [6.45, 7) is 0. The molecule has 2 nitrogen and oxygen atoms in total. The molecule has 0 aromatic carbocycles. The number of thiocarbonyl (C=S) groups is 1. The predicted molar refractivity (Wildman–Crippen MR) is 39.7 cm³/mol. The van der Waals surface area contributed by atoms with Gasteiger partial charge in [0.25, 0.3) is 0 Å². The van der Waals surface area contributed by atoms with E-state index in [4.69, 9.17) is 5.73 Å². The zero-order valence-corrected chi connectivity index (χ0v) is 4.51. The second-order valence-electron chi connectivity index (χ2n) is 0.533. The number of carbonyl (C=O) groups is 1. The largest absolute Gasteiger partial charge is 0.384 e. The van der Waals surface area contributed by atoms with Crippen LogP contribution in [0.4, 0.5) is 0 Å². The highest BCUT2D eigenvalue weighted by atomic mass is 32.2. The average molecular weight is 148 g/mol. The Morgan fingerprint density at radius 2 is 2.29 bits per heavy atom. The van der Waals surface area contributed by atoms with Gasteiger partial charge in [-0.3, -0.25) is 4.79 Å². The monoisotopic (exact) mass is 147 g/mol.